The molecule has 2 N–H and O–H groups in total. The second kappa shape index (κ2) is 7.95. The second-order valence-electron chi connectivity index (χ2n) is 5.01. The van der Waals surface area contributed by atoms with Crippen LogP contribution in [0.15, 0.2) is 23.1 Å². The Morgan fingerprint density at radius 3 is 2.46 bits per heavy atom. The van der Waals surface area contributed by atoms with Crippen LogP contribution in [0.4, 0.5) is 13.2 Å². The van der Waals surface area contributed by atoms with Gasteiger partial charge in [0.15, 0.2) is 0 Å². The minimum atomic E-state index is -4.90. The van der Waals surface area contributed by atoms with Gasteiger partial charge in [-0.05, 0) is 31.7 Å². The third-order valence-corrected chi connectivity index (χ3v) is 4.57. The van der Waals surface area contributed by atoms with Crippen molar-refractivity contribution in [2.45, 2.75) is 31.0 Å². The Balaban J connectivity index is 3.19. The lowest BCUT2D eigenvalue weighted by atomic mass is 10.1. The van der Waals surface area contributed by atoms with Crippen LogP contribution in [0.5, 0.6) is 0 Å². The van der Waals surface area contributed by atoms with Crippen molar-refractivity contribution in [1.29, 1.82) is 0 Å². The molecule has 10 heteroatoms. The van der Waals surface area contributed by atoms with E-state index in [-0.39, 0.29) is 12.6 Å². The van der Waals surface area contributed by atoms with Crippen LogP contribution < -0.4 is 10.0 Å². The number of likely N-dealkylation sites (N-methyl/N-ethyl adjacent to an activating group) is 1. The molecular weight excluding hydrogens is 349 g/mol. The van der Waals surface area contributed by atoms with E-state index < -0.39 is 38.2 Å². The fraction of sp³-hybridized carbons (Fsp3) is 0.500. The molecule has 0 heterocycles. The molecule has 1 aromatic carbocycles. The molecule has 0 aromatic heterocycles. The number of alkyl halides is 3. The summed E-state index contributed by atoms with van der Waals surface area (Å²) in [5.41, 5.74) is -2.11. The van der Waals surface area contributed by atoms with E-state index in [1.165, 1.54) is 0 Å². The van der Waals surface area contributed by atoms with Gasteiger partial charge in [-0.15, -0.1) is 0 Å². The fourth-order valence-electron chi connectivity index (χ4n) is 1.95. The Hall–Kier alpha value is -1.65. The standard InChI is InChI=1S/C14H19F3N2O4S/c1-4-18-9(2)8-19-24(21,22)10-5-6-11(13(20)23-3)12(7-10)14(15,16)17/h5-7,9,18-19H,4,8H2,1-3H3/t9-/m1/s1. The molecule has 0 unspecified atom stereocenters. The van der Waals surface area contributed by atoms with Gasteiger partial charge in [0.05, 0.1) is 23.1 Å². The fourth-order valence-corrected chi connectivity index (χ4v) is 3.11. The van der Waals surface area contributed by atoms with E-state index in [0.717, 1.165) is 19.2 Å². The number of sulfonamides is 1. The predicted octanol–water partition coefficient (Wildman–Crippen LogP) is 1.77. The van der Waals surface area contributed by atoms with Gasteiger partial charge >= 0.3 is 12.1 Å². The zero-order valence-corrected chi connectivity index (χ0v) is 14.2. The molecule has 0 radical (unpaired) electrons. The number of carbonyl (C=O) groups is 1. The van der Waals surface area contributed by atoms with E-state index in [2.05, 4.69) is 14.8 Å². The third kappa shape index (κ3) is 5.18. The molecule has 1 rings (SSSR count). The van der Waals surface area contributed by atoms with Crippen LogP contribution in [0.1, 0.15) is 29.8 Å². The van der Waals surface area contributed by atoms with Gasteiger partial charge < -0.3 is 10.1 Å². The first kappa shape index (κ1) is 20.4. The number of methoxy groups -OCH3 is 1. The van der Waals surface area contributed by atoms with Crippen molar-refractivity contribution in [1.82, 2.24) is 10.0 Å². The molecule has 0 amide bonds. The highest BCUT2D eigenvalue weighted by atomic mass is 32.2. The Morgan fingerprint density at radius 2 is 1.96 bits per heavy atom. The van der Waals surface area contributed by atoms with Gasteiger partial charge in [0.25, 0.3) is 0 Å². The van der Waals surface area contributed by atoms with Gasteiger partial charge in [0, 0.05) is 12.6 Å². The third-order valence-electron chi connectivity index (χ3n) is 3.14. The van der Waals surface area contributed by atoms with E-state index in [0.29, 0.717) is 12.6 Å². The number of hydrogen-bond acceptors (Lipinski definition) is 5. The summed E-state index contributed by atoms with van der Waals surface area (Å²) >= 11 is 0. The number of ether oxygens (including phenoxy) is 1. The Kier molecular flexibility index (Phi) is 6.76. The lowest BCUT2D eigenvalue weighted by Crippen LogP contribution is -2.38. The molecule has 0 aliphatic carbocycles. The molecule has 0 saturated carbocycles. The van der Waals surface area contributed by atoms with Gasteiger partial charge in [-0.2, -0.15) is 13.2 Å². The number of carbonyl (C=O) groups excluding carboxylic acids is 1. The number of nitrogens with one attached hydrogen (secondary N) is 2. The zero-order valence-electron chi connectivity index (χ0n) is 13.4. The van der Waals surface area contributed by atoms with Crippen molar-refractivity contribution in [2.75, 3.05) is 20.2 Å². The van der Waals surface area contributed by atoms with Crippen LogP contribution in [0.2, 0.25) is 0 Å². The summed E-state index contributed by atoms with van der Waals surface area (Å²) in [7, 11) is -3.21. The number of hydrogen-bond donors (Lipinski definition) is 2. The van der Waals surface area contributed by atoms with Gasteiger partial charge in [0.2, 0.25) is 10.0 Å². The maximum atomic E-state index is 13.1. The van der Waals surface area contributed by atoms with Gasteiger partial charge in [-0.3, -0.25) is 0 Å². The molecule has 0 aliphatic rings. The van der Waals surface area contributed by atoms with Gasteiger partial charge in [-0.1, -0.05) is 6.92 Å². The highest BCUT2D eigenvalue weighted by molar-refractivity contribution is 7.89. The maximum Gasteiger partial charge on any atom is 0.417 e. The summed E-state index contributed by atoms with van der Waals surface area (Å²) < 4.78 is 70.1. The van der Waals surface area contributed by atoms with E-state index in [4.69, 9.17) is 0 Å². The first-order valence-corrected chi connectivity index (χ1v) is 8.53. The average Bonchev–Trinajstić information content (AvgIpc) is 2.51. The summed E-state index contributed by atoms with van der Waals surface area (Å²) in [5, 5.41) is 2.97. The lowest BCUT2D eigenvalue weighted by Gasteiger charge is -2.16. The largest absolute Gasteiger partial charge is 0.465 e. The average molecular weight is 368 g/mol. The van der Waals surface area contributed by atoms with Crippen LogP contribution >= 0.6 is 0 Å². The molecule has 136 valence electrons. The maximum absolute atomic E-state index is 13.1. The molecule has 0 aliphatic heterocycles. The van der Waals surface area contributed by atoms with Crippen molar-refractivity contribution >= 4 is 16.0 Å². The molecule has 1 atom stereocenters. The van der Waals surface area contributed by atoms with Crippen molar-refractivity contribution in [3.05, 3.63) is 29.3 Å². The molecule has 1 aromatic rings. The minimum Gasteiger partial charge on any atom is -0.465 e. The highest BCUT2D eigenvalue weighted by Gasteiger charge is 2.37. The second-order valence-corrected chi connectivity index (χ2v) is 6.77. The van der Waals surface area contributed by atoms with E-state index >= 15 is 0 Å². The number of halogens is 3. The van der Waals surface area contributed by atoms with Crippen molar-refractivity contribution in [3.63, 3.8) is 0 Å². The molecule has 24 heavy (non-hydrogen) atoms. The molecule has 0 fully saturated rings. The Morgan fingerprint density at radius 1 is 1.33 bits per heavy atom. The van der Waals surface area contributed by atoms with Crippen LogP contribution in [0.25, 0.3) is 0 Å². The quantitative estimate of drug-likeness (QED) is 0.717. The monoisotopic (exact) mass is 368 g/mol. The summed E-state index contributed by atoms with van der Waals surface area (Å²) in [4.78, 5) is 10.9. The smallest absolute Gasteiger partial charge is 0.417 e. The highest BCUT2D eigenvalue weighted by Crippen LogP contribution is 2.33. The lowest BCUT2D eigenvalue weighted by molar-refractivity contribution is -0.138. The zero-order chi connectivity index (χ0) is 18.5. The number of benzene rings is 1. The molecule has 0 saturated heterocycles. The SMILES string of the molecule is CCN[C@H](C)CNS(=O)(=O)c1ccc(C(=O)OC)c(C(F)(F)F)c1. The summed E-state index contributed by atoms with van der Waals surface area (Å²) in [6.07, 6.45) is -4.90. The minimum absolute atomic E-state index is 0.0102. The predicted molar refractivity (Wildman–Crippen MR) is 81.1 cm³/mol. The van der Waals surface area contributed by atoms with Crippen molar-refractivity contribution in [3.8, 4) is 0 Å². The first-order chi connectivity index (χ1) is 11.0. The van der Waals surface area contributed by atoms with Crippen molar-refractivity contribution in [2.24, 2.45) is 0 Å². The summed E-state index contributed by atoms with van der Waals surface area (Å²) in [5.74, 6) is -1.19. The van der Waals surface area contributed by atoms with E-state index in [9.17, 15) is 26.4 Å². The molecule has 0 bridgehead atoms. The summed E-state index contributed by atoms with van der Waals surface area (Å²) in [6, 6.07) is 1.95. The topological polar surface area (TPSA) is 84.5 Å². The van der Waals surface area contributed by atoms with Gasteiger partial charge in [0.1, 0.15) is 0 Å². The van der Waals surface area contributed by atoms with Crippen LogP contribution in [0, 0.1) is 0 Å². The molecule has 0 spiro atoms. The van der Waals surface area contributed by atoms with E-state index in [1.807, 2.05) is 6.92 Å². The molecule has 6 nitrogen and oxygen atoms in total. The van der Waals surface area contributed by atoms with E-state index in [1.54, 1.807) is 6.92 Å². The van der Waals surface area contributed by atoms with Crippen LogP contribution in [-0.4, -0.2) is 40.6 Å². The Bertz CT molecular complexity index is 690. The summed E-state index contributed by atoms with van der Waals surface area (Å²) in [6.45, 7) is 4.20. The van der Waals surface area contributed by atoms with Crippen LogP contribution in [0.3, 0.4) is 0 Å². The first-order valence-electron chi connectivity index (χ1n) is 7.05. The van der Waals surface area contributed by atoms with Crippen molar-refractivity contribution < 1.29 is 31.1 Å². The number of esters is 1. The van der Waals surface area contributed by atoms with Crippen LogP contribution in [-0.2, 0) is 20.9 Å². The molecular formula is C14H19F3N2O4S. The van der Waals surface area contributed by atoms with Gasteiger partial charge in [-0.25, -0.2) is 17.9 Å². The number of rotatable bonds is 7. The Labute approximate surface area is 138 Å². The normalized spacial score (nSPS) is 13.6.